The van der Waals surface area contributed by atoms with Crippen molar-refractivity contribution in [3.05, 3.63) is 95.1 Å². The molecule has 0 amide bonds. The van der Waals surface area contributed by atoms with Gasteiger partial charge in [0.25, 0.3) is 0 Å². The first-order valence-corrected chi connectivity index (χ1v) is 10.7. The van der Waals surface area contributed by atoms with Crippen LogP contribution in [0.25, 0.3) is 11.1 Å². The van der Waals surface area contributed by atoms with E-state index in [-0.39, 0.29) is 24.5 Å². The van der Waals surface area contributed by atoms with Crippen molar-refractivity contribution in [3.8, 4) is 11.1 Å². The summed E-state index contributed by atoms with van der Waals surface area (Å²) in [5.41, 5.74) is 9.28. The molecule has 0 heterocycles. The number of hydrogen-bond acceptors (Lipinski definition) is 4. The van der Waals surface area contributed by atoms with Crippen molar-refractivity contribution < 1.29 is 32.6 Å². The number of carbonyl (C=O) groups excluding carboxylic acids is 1. The summed E-state index contributed by atoms with van der Waals surface area (Å²) in [6, 6.07) is 18.6. The lowest BCUT2D eigenvalue weighted by atomic mass is 9.93. The van der Waals surface area contributed by atoms with Gasteiger partial charge >= 0.3 is 18.1 Å². The summed E-state index contributed by atoms with van der Waals surface area (Å²) in [6.07, 6.45) is -4.77. The Hall–Kier alpha value is -3.65. The average Bonchev–Trinajstić information content (AvgIpc) is 3.11. The number of fused-ring (bicyclic) bond motifs is 3. The van der Waals surface area contributed by atoms with E-state index in [1.807, 2.05) is 48.5 Å². The first kappa shape index (κ1) is 23.5. The second-order valence-corrected chi connectivity index (χ2v) is 8.24. The summed E-state index contributed by atoms with van der Waals surface area (Å²) in [7, 11) is 0. The number of halogens is 3. The van der Waals surface area contributed by atoms with Crippen LogP contribution in [0.5, 0.6) is 0 Å². The number of alkyl halides is 3. The minimum atomic E-state index is -4.54. The largest absolute Gasteiger partial charge is 0.481 e. The third-order valence-corrected chi connectivity index (χ3v) is 6.03. The number of aliphatic carboxylic acids is 1. The Kier molecular flexibility index (Phi) is 6.43. The minimum Gasteiger partial charge on any atom is -0.481 e. The molecule has 3 aromatic carbocycles. The van der Waals surface area contributed by atoms with E-state index in [1.165, 1.54) is 12.1 Å². The van der Waals surface area contributed by atoms with E-state index in [0.717, 1.165) is 34.4 Å². The molecule has 3 N–H and O–H groups in total. The molecule has 8 heteroatoms. The highest BCUT2D eigenvalue weighted by molar-refractivity contribution is 5.95. The minimum absolute atomic E-state index is 0.0765. The molecule has 3 aromatic rings. The number of carboxylic acid groups (broad SMARTS) is 1. The Balaban J connectivity index is 1.49. The SMILES string of the molecule is N[C@@H](Cc1cccc(C(F)(F)F)c1)[C@H](C(=O)O)C(=O)OCC1c2ccccc2-c2ccccc21. The summed E-state index contributed by atoms with van der Waals surface area (Å²) in [4.78, 5) is 24.6. The van der Waals surface area contributed by atoms with Gasteiger partial charge in [-0.2, -0.15) is 13.2 Å². The molecule has 5 nitrogen and oxygen atoms in total. The van der Waals surface area contributed by atoms with Crippen LogP contribution in [0.4, 0.5) is 13.2 Å². The first-order chi connectivity index (χ1) is 16.2. The van der Waals surface area contributed by atoms with Crippen LogP contribution in [0.1, 0.15) is 28.2 Å². The van der Waals surface area contributed by atoms with Crippen molar-refractivity contribution >= 4 is 11.9 Å². The van der Waals surface area contributed by atoms with Crippen molar-refractivity contribution in [1.29, 1.82) is 0 Å². The number of nitrogens with two attached hydrogens (primary N) is 1. The Morgan fingerprint density at radius 2 is 1.53 bits per heavy atom. The van der Waals surface area contributed by atoms with E-state index in [9.17, 15) is 27.9 Å². The van der Waals surface area contributed by atoms with Crippen LogP contribution in [-0.2, 0) is 26.9 Å². The molecule has 34 heavy (non-hydrogen) atoms. The highest BCUT2D eigenvalue weighted by atomic mass is 19.4. The summed E-state index contributed by atoms with van der Waals surface area (Å²) < 4.78 is 44.4. The number of benzene rings is 3. The number of carbonyl (C=O) groups is 2. The van der Waals surface area contributed by atoms with Gasteiger partial charge in [-0.15, -0.1) is 0 Å². The van der Waals surface area contributed by atoms with E-state index < -0.39 is 35.6 Å². The average molecular weight is 469 g/mol. The summed E-state index contributed by atoms with van der Waals surface area (Å²) in [5.74, 6) is -4.49. The Morgan fingerprint density at radius 3 is 2.09 bits per heavy atom. The molecular formula is C26H22F3NO4. The quantitative estimate of drug-likeness (QED) is 0.389. The van der Waals surface area contributed by atoms with Crippen LogP contribution in [0.3, 0.4) is 0 Å². The monoisotopic (exact) mass is 469 g/mol. The van der Waals surface area contributed by atoms with Gasteiger partial charge in [-0.1, -0.05) is 66.7 Å². The van der Waals surface area contributed by atoms with Crippen molar-refractivity contribution in [2.24, 2.45) is 11.7 Å². The van der Waals surface area contributed by atoms with Crippen molar-refractivity contribution in [3.63, 3.8) is 0 Å². The van der Waals surface area contributed by atoms with Crippen LogP contribution < -0.4 is 5.73 Å². The lowest BCUT2D eigenvalue weighted by molar-refractivity contribution is -0.159. The third kappa shape index (κ3) is 4.68. The number of ether oxygens (including phenoxy) is 1. The van der Waals surface area contributed by atoms with Gasteiger partial charge in [0.1, 0.15) is 6.61 Å². The number of hydrogen-bond donors (Lipinski definition) is 2. The molecule has 1 aliphatic carbocycles. The highest BCUT2D eigenvalue weighted by Crippen LogP contribution is 2.44. The molecule has 0 unspecified atom stereocenters. The van der Waals surface area contributed by atoms with Gasteiger partial charge in [0.15, 0.2) is 5.92 Å². The summed E-state index contributed by atoms with van der Waals surface area (Å²) in [6.45, 7) is -0.0765. The van der Waals surface area contributed by atoms with Crippen LogP contribution in [-0.4, -0.2) is 29.7 Å². The maximum Gasteiger partial charge on any atom is 0.416 e. The smallest absolute Gasteiger partial charge is 0.416 e. The molecule has 1 aliphatic rings. The van der Waals surface area contributed by atoms with Crippen molar-refractivity contribution in [2.45, 2.75) is 24.6 Å². The second-order valence-electron chi connectivity index (χ2n) is 8.24. The Bertz CT molecular complexity index is 1180. The van der Waals surface area contributed by atoms with E-state index in [1.54, 1.807) is 0 Å². The van der Waals surface area contributed by atoms with E-state index in [0.29, 0.717) is 0 Å². The summed E-state index contributed by atoms with van der Waals surface area (Å²) >= 11 is 0. The van der Waals surface area contributed by atoms with Gasteiger partial charge in [-0.05, 0) is 40.3 Å². The predicted octanol–water partition coefficient (Wildman–Crippen LogP) is 4.63. The zero-order chi connectivity index (χ0) is 24.5. The molecule has 0 aliphatic heterocycles. The zero-order valence-corrected chi connectivity index (χ0v) is 18.0. The standard InChI is InChI=1S/C26H22F3NO4/c27-26(28,29)16-7-5-6-15(12-16)13-22(30)23(24(31)32)25(33)34-14-21-19-10-3-1-8-17(19)18-9-2-4-11-20(18)21/h1-12,21-23H,13-14,30H2,(H,31,32)/t22-,23+/m0/s1. The van der Waals surface area contributed by atoms with Gasteiger partial charge in [0.2, 0.25) is 0 Å². The summed E-state index contributed by atoms with van der Waals surface area (Å²) in [5, 5.41) is 9.62. The van der Waals surface area contributed by atoms with Crippen molar-refractivity contribution in [2.75, 3.05) is 6.61 Å². The fraction of sp³-hybridized carbons (Fsp3) is 0.231. The lowest BCUT2D eigenvalue weighted by Gasteiger charge is -2.21. The molecule has 0 aromatic heterocycles. The molecule has 176 valence electrons. The molecule has 4 rings (SSSR count). The lowest BCUT2D eigenvalue weighted by Crippen LogP contribution is -2.43. The molecule has 0 bridgehead atoms. The predicted molar refractivity (Wildman–Crippen MR) is 119 cm³/mol. The normalized spacial score (nSPS) is 14.7. The van der Waals surface area contributed by atoms with Crippen LogP contribution in [0.2, 0.25) is 0 Å². The van der Waals surface area contributed by atoms with E-state index >= 15 is 0 Å². The van der Waals surface area contributed by atoms with E-state index in [4.69, 9.17) is 10.5 Å². The van der Waals surface area contributed by atoms with Gasteiger partial charge in [-0.25, -0.2) is 0 Å². The fourth-order valence-corrected chi connectivity index (χ4v) is 4.42. The van der Waals surface area contributed by atoms with Gasteiger partial charge in [0, 0.05) is 12.0 Å². The topological polar surface area (TPSA) is 89.6 Å². The van der Waals surface area contributed by atoms with Gasteiger partial charge in [0.05, 0.1) is 5.56 Å². The number of esters is 1. The molecule has 2 atom stereocenters. The Morgan fingerprint density at radius 1 is 0.941 bits per heavy atom. The van der Waals surface area contributed by atoms with E-state index in [2.05, 4.69) is 0 Å². The molecule has 0 spiro atoms. The van der Waals surface area contributed by atoms with Crippen LogP contribution >= 0.6 is 0 Å². The Labute approximate surface area is 194 Å². The molecule has 0 saturated carbocycles. The molecular weight excluding hydrogens is 447 g/mol. The van der Waals surface area contributed by atoms with Gasteiger partial charge in [-0.3, -0.25) is 9.59 Å². The zero-order valence-electron chi connectivity index (χ0n) is 18.0. The van der Waals surface area contributed by atoms with Crippen LogP contribution in [0.15, 0.2) is 72.8 Å². The van der Waals surface area contributed by atoms with Gasteiger partial charge < -0.3 is 15.6 Å². The number of rotatable bonds is 7. The number of carboxylic acids is 1. The molecule has 0 radical (unpaired) electrons. The maximum absolute atomic E-state index is 13.0. The second kappa shape index (κ2) is 9.30. The van der Waals surface area contributed by atoms with Crippen LogP contribution in [0, 0.1) is 5.92 Å². The highest BCUT2D eigenvalue weighted by Gasteiger charge is 2.37. The maximum atomic E-state index is 13.0. The first-order valence-electron chi connectivity index (χ1n) is 10.7. The fourth-order valence-electron chi connectivity index (χ4n) is 4.42. The molecule has 0 saturated heterocycles. The molecule has 0 fully saturated rings. The van der Waals surface area contributed by atoms with Crippen molar-refractivity contribution in [1.82, 2.24) is 0 Å². The third-order valence-electron chi connectivity index (χ3n) is 6.03.